The summed E-state index contributed by atoms with van der Waals surface area (Å²) < 4.78 is 0. The summed E-state index contributed by atoms with van der Waals surface area (Å²) >= 11 is 1.84. The first-order chi connectivity index (χ1) is 11.5. The molecule has 2 aromatic heterocycles. The molecule has 1 atom stereocenters. The van der Waals surface area contributed by atoms with E-state index in [-0.39, 0.29) is 11.9 Å². The molecule has 2 heterocycles. The third-order valence-electron chi connectivity index (χ3n) is 3.68. The summed E-state index contributed by atoms with van der Waals surface area (Å²) in [5.41, 5.74) is 0. The highest BCUT2D eigenvalue weighted by Gasteiger charge is 2.12. The van der Waals surface area contributed by atoms with Gasteiger partial charge in [-0.2, -0.15) is 15.0 Å². The molecule has 2 aromatic rings. The predicted octanol–water partition coefficient (Wildman–Crippen LogP) is 3.72. The van der Waals surface area contributed by atoms with Crippen molar-refractivity contribution in [1.29, 1.82) is 0 Å². The lowest BCUT2D eigenvalue weighted by Gasteiger charge is -2.17. The van der Waals surface area contributed by atoms with E-state index in [0.29, 0.717) is 24.1 Å². The molecule has 0 radical (unpaired) electrons. The van der Waals surface area contributed by atoms with Crippen LogP contribution in [0.2, 0.25) is 0 Å². The number of rotatable bonds is 8. The maximum Gasteiger partial charge on any atom is 0.234 e. The van der Waals surface area contributed by atoms with E-state index < -0.39 is 0 Å². The van der Waals surface area contributed by atoms with Gasteiger partial charge < -0.3 is 5.32 Å². The van der Waals surface area contributed by atoms with Gasteiger partial charge in [-0.15, -0.1) is 11.3 Å². The molecule has 1 unspecified atom stereocenters. The lowest BCUT2D eigenvalue weighted by Crippen LogP contribution is -2.22. The van der Waals surface area contributed by atoms with Crippen LogP contribution < -0.4 is 10.6 Å². The zero-order valence-electron chi connectivity index (χ0n) is 14.7. The average Bonchev–Trinajstić information content (AvgIpc) is 2.96. The molecule has 0 spiro atoms. The van der Waals surface area contributed by atoms with Gasteiger partial charge in [0.25, 0.3) is 0 Å². The quantitative estimate of drug-likeness (QED) is 0.761. The molecule has 0 bridgehead atoms. The minimum atomic E-state index is -0.105. The Morgan fingerprint density at radius 3 is 2.54 bits per heavy atom. The van der Waals surface area contributed by atoms with Gasteiger partial charge in [0.05, 0.1) is 0 Å². The highest BCUT2D eigenvalue weighted by molar-refractivity contribution is 7.11. The molecule has 130 valence electrons. The third kappa shape index (κ3) is 5.56. The molecule has 6 nitrogen and oxygen atoms in total. The van der Waals surface area contributed by atoms with Crippen molar-refractivity contribution in [3.8, 4) is 0 Å². The summed E-state index contributed by atoms with van der Waals surface area (Å²) in [6, 6.07) is 4.63. The zero-order chi connectivity index (χ0) is 17.5. The monoisotopic (exact) mass is 347 g/mol. The molecule has 2 N–H and O–H groups in total. The highest BCUT2D eigenvalue weighted by atomic mass is 32.1. The Kier molecular flexibility index (Phi) is 6.66. The van der Waals surface area contributed by atoms with Crippen molar-refractivity contribution < 1.29 is 4.79 Å². The maximum absolute atomic E-state index is 11.5. The minimum absolute atomic E-state index is 0.105. The second kappa shape index (κ2) is 8.73. The Labute approximate surface area is 147 Å². The van der Waals surface area contributed by atoms with Crippen LogP contribution in [0.1, 0.15) is 48.7 Å². The Morgan fingerprint density at radius 2 is 1.92 bits per heavy atom. The molecular weight excluding hydrogens is 322 g/mol. The van der Waals surface area contributed by atoms with Crippen LogP contribution >= 0.6 is 11.3 Å². The van der Waals surface area contributed by atoms with Crippen LogP contribution in [-0.2, 0) is 11.2 Å². The Bertz CT molecular complexity index is 685. The first kappa shape index (κ1) is 18.3. The summed E-state index contributed by atoms with van der Waals surface area (Å²) in [6.45, 7) is 7.86. The fourth-order valence-electron chi connectivity index (χ4n) is 2.31. The summed E-state index contributed by atoms with van der Waals surface area (Å²) in [6.07, 6.45) is 3.42. The second-order valence-electron chi connectivity index (χ2n) is 5.73. The topological polar surface area (TPSA) is 79.8 Å². The zero-order valence-corrected chi connectivity index (χ0v) is 15.5. The molecule has 24 heavy (non-hydrogen) atoms. The van der Waals surface area contributed by atoms with Crippen LogP contribution in [0, 0.1) is 13.8 Å². The van der Waals surface area contributed by atoms with Crippen LogP contribution in [-0.4, -0.2) is 26.9 Å². The fourth-order valence-corrected chi connectivity index (χ4v) is 3.22. The second-order valence-corrected chi connectivity index (χ2v) is 7.10. The standard InChI is InChI=1S/C17H25N5OS/c1-5-13(8-10-14-9-7-11(3)24-14)20-16-18-12(4)19-17(22-16)21-15(23)6-2/h7,9,13H,5-6,8,10H2,1-4H3,(H2,18,19,20,21,22,23). The van der Waals surface area contributed by atoms with E-state index in [2.05, 4.69) is 51.6 Å². The molecule has 0 aromatic carbocycles. The van der Waals surface area contributed by atoms with Crippen molar-refractivity contribution in [2.24, 2.45) is 0 Å². The molecule has 2 rings (SSSR count). The van der Waals surface area contributed by atoms with E-state index in [1.807, 2.05) is 11.3 Å². The van der Waals surface area contributed by atoms with Gasteiger partial charge in [0.1, 0.15) is 5.82 Å². The molecule has 0 saturated carbocycles. The Balaban J connectivity index is 1.99. The number of anilines is 2. The van der Waals surface area contributed by atoms with E-state index >= 15 is 0 Å². The number of aryl methyl sites for hydroxylation is 3. The first-order valence-electron chi connectivity index (χ1n) is 8.34. The Morgan fingerprint density at radius 1 is 1.17 bits per heavy atom. The van der Waals surface area contributed by atoms with Gasteiger partial charge >= 0.3 is 0 Å². The number of thiophene rings is 1. The number of aromatic nitrogens is 3. The van der Waals surface area contributed by atoms with Gasteiger partial charge in [-0.1, -0.05) is 13.8 Å². The predicted molar refractivity (Wildman–Crippen MR) is 98.6 cm³/mol. The largest absolute Gasteiger partial charge is 0.351 e. The number of amides is 1. The van der Waals surface area contributed by atoms with Crippen molar-refractivity contribution in [2.45, 2.75) is 59.4 Å². The first-order valence-corrected chi connectivity index (χ1v) is 9.16. The van der Waals surface area contributed by atoms with Gasteiger partial charge in [-0.25, -0.2) is 0 Å². The molecule has 0 aliphatic rings. The van der Waals surface area contributed by atoms with E-state index in [0.717, 1.165) is 19.3 Å². The summed E-state index contributed by atoms with van der Waals surface area (Å²) in [5, 5.41) is 6.05. The van der Waals surface area contributed by atoms with E-state index in [1.165, 1.54) is 9.75 Å². The van der Waals surface area contributed by atoms with Crippen LogP contribution in [0.25, 0.3) is 0 Å². The number of carbonyl (C=O) groups excluding carboxylic acids is 1. The summed E-state index contributed by atoms with van der Waals surface area (Å²) in [4.78, 5) is 27.1. The van der Waals surface area contributed by atoms with E-state index in [1.54, 1.807) is 13.8 Å². The maximum atomic E-state index is 11.5. The normalized spacial score (nSPS) is 12.0. The van der Waals surface area contributed by atoms with Crippen LogP contribution in [0.4, 0.5) is 11.9 Å². The van der Waals surface area contributed by atoms with Gasteiger partial charge in [-0.3, -0.25) is 10.1 Å². The van der Waals surface area contributed by atoms with E-state index in [4.69, 9.17) is 0 Å². The molecular formula is C17H25N5OS. The van der Waals surface area contributed by atoms with Crippen molar-refractivity contribution in [3.63, 3.8) is 0 Å². The highest BCUT2D eigenvalue weighted by Crippen LogP contribution is 2.19. The third-order valence-corrected chi connectivity index (χ3v) is 4.74. The van der Waals surface area contributed by atoms with Gasteiger partial charge in [-0.05, 0) is 45.2 Å². The smallest absolute Gasteiger partial charge is 0.234 e. The van der Waals surface area contributed by atoms with Gasteiger partial charge in [0.15, 0.2) is 0 Å². The number of carbonyl (C=O) groups is 1. The number of hydrogen-bond acceptors (Lipinski definition) is 6. The van der Waals surface area contributed by atoms with Crippen molar-refractivity contribution >= 4 is 29.1 Å². The molecule has 0 fully saturated rings. The SMILES string of the molecule is CCC(=O)Nc1nc(C)nc(NC(CC)CCc2ccc(C)s2)n1. The number of nitrogens with one attached hydrogen (secondary N) is 2. The number of nitrogens with zero attached hydrogens (tertiary/aromatic N) is 3. The van der Waals surface area contributed by atoms with Crippen LogP contribution in [0.15, 0.2) is 12.1 Å². The summed E-state index contributed by atoms with van der Waals surface area (Å²) in [7, 11) is 0. The average molecular weight is 347 g/mol. The minimum Gasteiger partial charge on any atom is -0.351 e. The van der Waals surface area contributed by atoms with E-state index in [9.17, 15) is 4.79 Å². The van der Waals surface area contributed by atoms with Crippen LogP contribution in [0.5, 0.6) is 0 Å². The van der Waals surface area contributed by atoms with Crippen molar-refractivity contribution in [2.75, 3.05) is 10.6 Å². The van der Waals surface area contributed by atoms with Crippen molar-refractivity contribution in [3.05, 3.63) is 27.7 Å². The molecule has 0 aliphatic heterocycles. The van der Waals surface area contributed by atoms with Gasteiger partial charge in [0.2, 0.25) is 17.8 Å². The number of hydrogen-bond donors (Lipinski definition) is 2. The fraction of sp³-hybridized carbons (Fsp3) is 0.529. The lowest BCUT2D eigenvalue weighted by molar-refractivity contribution is -0.115. The molecule has 0 aliphatic carbocycles. The summed E-state index contributed by atoms with van der Waals surface area (Å²) in [5.74, 6) is 1.30. The molecule has 1 amide bonds. The van der Waals surface area contributed by atoms with Crippen LogP contribution in [0.3, 0.4) is 0 Å². The van der Waals surface area contributed by atoms with Crippen molar-refractivity contribution in [1.82, 2.24) is 15.0 Å². The molecule has 7 heteroatoms. The molecule has 0 saturated heterocycles. The Hall–Kier alpha value is -2.02. The van der Waals surface area contributed by atoms with Gasteiger partial charge in [0, 0.05) is 22.2 Å². The lowest BCUT2D eigenvalue weighted by atomic mass is 10.1.